The number of thiazole rings is 2. The number of amides is 1. The average molecular weight is 534 g/mol. The first-order valence-electron chi connectivity index (χ1n) is 12.1. The molecule has 37 heavy (non-hydrogen) atoms. The highest BCUT2D eigenvalue weighted by Crippen LogP contribution is 2.48. The van der Waals surface area contributed by atoms with Gasteiger partial charge in [0, 0.05) is 0 Å². The van der Waals surface area contributed by atoms with Gasteiger partial charge in [0.25, 0.3) is 5.91 Å². The highest BCUT2D eigenvalue weighted by atomic mass is 32.1. The van der Waals surface area contributed by atoms with Crippen LogP contribution >= 0.6 is 22.7 Å². The summed E-state index contributed by atoms with van der Waals surface area (Å²) in [7, 11) is 0. The molecule has 190 valence electrons. The number of carbonyl (C=O) groups excluding carboxylic acids is 2. The summed E-state index contributed by atoms with van der Waals surface area (Å²) in [6, 6.07) is 15.0. The Morgan fingerprint density at radius 2 is 1.84 bits per heavy atom. The number of para-hydroxylation sites is 1. The number of ether oxygens (including phenoxy) is 1. The van der Waals surface area contributed by atoms with Crippen molar-refractivity contribution >= 4 is 55.5 Å². The summed E-state index contributed by atoms with van der Waals surface area (Å²) >= 11 is 2.52. The number of esters is 1. The number of nitrogens with zero attached hydrogens (tertiary/aromatic N) is 3. The standard InChI is InChI=1S/C28H27N3O4S2/c1-5-17-10-12-18(13-11-17)22-21(25-30-19-8-6-7-9-20(19)36-25)23(32)26(33)31(22)28-29-16(4)24(37-28)27(34)35-14-15(2)3/h6-13,15,22,32H,5,14H2,1-4H3. The van der Waals surface area contributed by atoms with Crippen LogP contribution in [0.4, 0.5) is 5.13 Å². The number of anilines is 1. The molecule has 1 aliphatic heterocycles. The Morgan fingerprint density at radius 3 is 2.51 bits per heavy atom. The number of hydrogen-bond acceptors (Lipinski definition) is 8. The Morgan fingerprint density at radius 1 is 1.11 bits per heavy atom. The Hall–Kier alpha value is -3.56. The Labute approximate surface area is 223 Å². The van der Waals surface area contributed by atoms with Crippen LogP contribution in [-0.4, -0.2) is 33.6 Å². The lowest BCUT2D eigenvalue weighted by atomic mass is 9.98. The minimum absolute atomic E-state index is 0.199. The molecule has 1 unspecified atom stereocenters. The molecule has 3 heterocycles. The zero-order valence-electron chi connectivity index (χ0n) is 21.0. The fourth-order valence-corrected chi connectivity index (χ4v) is 6.26. The summed E-state index contributed by atoms with van der Waals surface area (Å²) < 4.78 is 6.38. The Kier molecular flexibility index (Phi) is 6.83. The van der Waals surface area contributed by atoms with Gasteiger partial charge in [0.1, 0.15) is 9.88 Å². The number of aryl methyl sites for hydroxylation is 2. The van der Waals surface area contributed by atoms with Crippen LogP contribution < -0.4 is 4.90 Å². The maximum Gasteiger partial charge on any atom is 0.350 e. The van der Waals surface area contributed by atoms with Gasteiger partial charge in [-0.2, -0.15) is 0 Å². The van der Waals surface area contributed by atoms with Crippen LogP contribution in [0.3, 0.4) is 0 Å². The molecule has 1 atom stereocenters. The van der Waals surface area contributed by atoms with Gasteiger partial charge in [0.15, 0.2) is 10.9 Å². The molecule has 9 heteroatoms. The van der Waals surface area contributed by atoms with Gasteiger partial charge in [-0.3, -0.25) is 9.69 Å². The van der Waals surface area contributed by atoms with E-state index in [1.54, 1.807) is 6.92 Å². The monoisotopic (exact) mass is 533 g/mol. The Bertz CT molecular complexity index is 1480. The largest absolute Gasteiger partial charge is 0.503 e. The average Bonchev–Trinajstić information content (AvgIpc) is 3.56. The fraction of sp³-hybridized carbons (Fsp3) is 0.286. The zero-order valence-corrected chi connectivity index (χ0v) is 22.7. The quantitative estimate of drug-likeness (QED) is 0.273. The van der Waals surface area contributed by atoms with Gasteiger partial charge in [0.2, 0.25) is 0 Å². The van der Waals surface area contributed by atoms with Crippen LogP contribution in [0.25, 0.3) is 15.8 Å². The zero-order chi connectivity index (χ0) is 26.3. The molecule has 0 spiro atoms. The lowest BCUT2D eigenvalue weighted by Crippen LogP contribution is -2.30. The predicted octanol–water partition coefficient (Wildman–Crippen LogP) is 6.49. The van der Waals surface area contributed by atoms with Gasteiger partial charge >= 0.3 is 5.97 Å². The Balaban J connectivity index is 1.61. The summed E-state index contributed by atoms with van der Waals surface area (Å²) in [5, 5.41) is 12.1. The summed E-state index contributed by atoms with van der Waals surface area (Å²) in [4.78, 5) is 37.4. The molecule has 0 radical (unpaired) electrons. The van der Waals surface area contributed by atoms with E-state index in [0.717, 1.165) is 39.1 Å². The topological polar surface area (TPSA) is 92.6 Å². The second-order valence-corrected chi connectivity index (χ2v) is 11.3. The van der Waals surface area contributed by atoms with Gasteiger partial charge in [-0.25, -0.2) is 14.8 Å². The van der Waals surface area contributed by atoms with Crippen molar-refractivity contribution in [3.05, 3.63) is 81.0 Å². The number of carbonyl (C=O) groups is 2. The number of hydrogen-bond donors (Lipinski definition) is 1. The van der Waals surface area contributed by atoms with Crippen LogP contribution in [0.1, 0.15) is 58.3 Å². The molecule has 0 fully saturated rings. The van der Waals surface area contributed by atoms with E-state index in [4.69, 9.17) is 9.72 Å². The van der Waals surface area contributed by atoms with Gasteiger partial charge in [0.05, 0.1) is 34.1 Å². The lowest BCUT2D eigenvalue weighted by molar-refractivity contribution is -0.117. The molecule has 2 aromatic carbocycles. The van der Waals surface area contributed by atoms with Gasteiger partial charge in [-0.05, 0) is 42.5 Å². The van der Waals surface area contributed by atoms with Gasteiger partial charge in [-0.15, -0.1) is 11.3 Å². The smallest absolute Gasteiger partial charge is 0.350 e. The third kappa shape index (κ3) is 4.65. The van der Waals surface area contributed by atoms with Crippen molar-refractivity contribution < 1.29 is 19.4 Å². The molecule has 0 saturated carbocycles. The van der Waals surface area contributed by atoms with E-state index in [0.29, 0.717) is 32.9 Å². The second-order valence-electron chi connectivity index (χ2n) is 9.33. The lowest BCUT2D eigenvalue weighted by Gasteiger charge is -2.24. The minimum atomic E-state index is -0.649. The van der Waals surface area contributed by atoms with Crippen molar-refractivity contribution in [1.82, 2.24) is 9.97 Å². The molecule has 0 aliphatic carbocycles. The number of fused-ring (bicyclic) bond motifs is 1. The van der Waals surface area contributed by atoms with E-state index in [1.165, 1.54) is 16.2 Å². The first kappa shape index (κ1) is 25.1. The van der Waals surface area contributed by atoms with Crippen LogP contribution in [0, 0.1) is 12.8 Å². The molecule has 0 bridgehead atoms. The summed E-state index contributed by atoms with van der Waals surface area (Å²) in [6.45, 7) is 8.03. The minimum Gasteiger partial charge on any atom is -0.503 e. The molecule has 1 N–H and O–H groups in total. The highest BCUT2D eigenvalue weighted by molar-refractivity contribution is 7.19. The third-order valence-corrected chi connectivity index (χ3v) is 8.37. The maximum absolute atomic E-state index is 13.6. The molecule has 0 saturated heterocycles. The van der Waals surface area contributed by atoms with Crippen LogP contribution in [-0.2, 0) is 16.0 Å². The molecule has 1 amide bonds. The van der Waals surface area contributed by atoms with Crippen molar-refractivity contribution in [2.24, 2.45) is 5.92 Å². The normalized spacial score (nSPS) is 15.9. The first-order valence-corrected chi connectivity index (χ1v) is 13.8. The summed E-state index contributed by atoms with van der Waals surface area (Å²) in [5.41, 5.74) is 3.70. The third-order valence-electron chi connectivity index (χ3n) is 6.16. The van der Waals surface area contributed by atoms with E-state index in [1.807, 2.05) is 62.4 Å². The first-order chi connectivity index (χ1) is 17.8. The summed E-state index contributed by atoms with van der Waals surface area (Å²) in [5.74, 6) is -1.20. The van der Waals surface area contributed by atoms with Crippen molar-refractivity contribution in [2.45, 2.75) is 40.2 Å². The predicted molar refractivity (Wildman–Crippen MR) is 147 cm³/mol. The fourth-order valence-electron chi connectivity index (χ4n) is 4.24. The number of aliphatic hydroxyl groups excluding tert-OH is 1. The number of rotatable bonds is 7. The molecule has 7 nitrogen and oxygen atoms in total. The number of aromatic nitrogens is 2. The molecular weight excluding hydrogens is 506 g/mol. The molecule has 5 rings (SSSR count). The van der Waals surface area contributed by atoms with Crippen molar-refractivity contribution in [3.8, 4) is 0 Å². The van der Waals surface area contributed by atoms with Crippen molar-refractivity contribution in [1.29, 1.82) is 0 Å². The SMILES string of the molecule is CCc1ccc(C2C(c3nc4ccccc4s3)=C(O)C(=O)N2c2nc(C)c(C(=O)OCC(C)C)s2)cc1. The molecule has 1 aliphatic rings. The van der Waals surface area contributed by atoms with E-state index in [2.05, 4.69) is 11.9 Å². The molecule has 2 aromatic heterocycles. The van der Waals surface area contributed by atoms with E-state index >= 15 is 0 Å². The van der Waals surface area contributed by atoms with E-state index in [9.17, 15) is 14.7 Å². The van der Waals surface area contributed by atoms with E-state index in [-0.39, 0.29) is 11.7 Å². The maximum atomic E-state index is 13.6. The van der Waals surface area contributed by atoms with E-state index < -0.39 is 17.9 Å². The number of benzene rings is 2. The van der Waals surface area contributed by atoms with Crippen LogP contribution in [0.5, 0.6) is 0 Å². The summed E-state index contributed by atoms with van der Waals surface area (Å²) in [6.07, 6.45) is 0.882. The second kappa shape index (κ2) is 10.1. The van der Waals surface area contributed by atoms with Crippen molar-refractivity contribution in [3.63, 3.8) is 0 Å². The van der Waals surface area contributed by atoms with Crippen LogP contribution in [0.2, 0.25) is 0 Å². The van der Waals surface area contributed by atoms with Gasteiger partial charge < -0.3 is 9.84 Å². The molecular formula is C28H27N3O4S2. The molecule has 4 aromatic rings. The number of aliphatic hydroxyl groups is 1. The van der Waals surface area contributed by atoms with Crippen LogP contribution in [0.15, 0.2) is 54.3 Å². The van der Waals surface area contributed by atoms with Gasteiger partial charge in [-0.1, -0.05) is 68.5 Å². The highest BCUT2D eigenvalue weighted by Gasteiger charge is 2.45. The van der Waals surface area contributed by atoms with Crippen molar-refractivity contribution in [2.75, 3.05) is 11.5 Å².